The maximum atomic E-state index is 12.3. The molecule has 0 saturated heterocycles. The van der Waals surface area contributed by atoms with Gasteiger partial charge in [0.15, 0.2) is 5.76 Å². The molecule has 26 heavy (non-hydrogen) atoms. The number of nitrogens with one attached hydrogen (secondary N) is 2. The predicted molar refractivity (Wildman–Crippen MR) is 96.7 cm³/mol. The Bertz CT molecular complexity index is 890. The average molecular weight is 372 g/mol. The lowest BCUT2D eigenvalue weighted by molar-refractivity contribution is -0.115. The zero-order valence-corrected chi connectivity index (χ0v) is 14.9. The summed E-state index contributed by atoms with van der Waals surface area (Å²) in [6.07, 6.45) is 1.51. The van der Waals surface area contributed by atoms with Crippen molar-refractivity contribution >= 4 is 35.0 Å². The number of aromatic nitrogens is 2. The van der Waals surface area contributed by atoms with Crippen LogP contribution in [0.2, 0.25) is 0 Å². The van der Waals surface area contributed by atoms with Crippen LogP contribution in [-0.2, 0) is 9.59 Å². The summed E-state index contributed by atoms with van der Waals surface area (Å²) in [7, 11) is 0. The third-order valence-electron chi connectivity index (χ3n) is 3.26. The topological polar surface area (TPSA) is 110 Å². The molecule has 3 rings (SSSR count). The molecule has 0 unspecified atom stereocenters. The van der Waals surface area contributed by atoms with E-state index in [0.717, 1.165) is 11.8 Å². The quantitative estimate of drug-likeness (QED) is 0.638. The van der Waals surface area contributed by atoms with Gasteiger partial charge in [0.25, 0.3) is 11.1 Å². The fourth-order valence-electron chi connectivity index (χ4n) is 2.05. The maximum absolute atomic E-state index is 12.3. The normalized spacial score (nSPS) is 11.8. The van der Waals surface area contributed by atoms with Crippen LogP contribution in [-0.4, -0.2) is 27.3 Å². The molecule has 1 aromatic carbocycles. The van der Waals surface area contributed by atoms with Crippen molar-refractivity contribution < 1.29 is 18.4 Å². The minimum absolute atomic E-state index is 0.153. The van der Waals surface area contributed by atoms with Gasteiger partial charge in [-0.3, -0.25) is 9.59 Å². The average Bonchev–Trinajstić information content (AvgIpc) is 3.27. The Morgan fingerprint density at radius 1 is 1.08 bits per heavy atom. The standard InChI is InChI=1S/C17H16N4O4S/c1-10(26-17-21-20-16(25-17)14-4-3-9-24-14)15(23)19-13-7-5-12(6-8-13)18-11(2)22/h3-10H,1-2H3,(H,18,22)(H,19,23)/t10-/m1/s1. The van der Waals surface area contributed by atoms with Crippen LogP contribution in [0.25, 0.3) is 11.7 Å². The first-order valence-corrected chi connectivity index (χ1v) is 8.62. The Morgan fingerprint density at radius 3 is 2.38 bits per heavy atom. The number of amides is 2. The molecule has 2 heterocycles. The molecule has 0 aliphatic carbocycles. The Hall–Kier alpha value is -3.07. The maximum Gasteiger partial charge on any atom is 0.284 e. The molecule has 134 valence electrons. The highest BCUT2D eigenvalue weighted by molar-refractivity contribution is 8.00. The van der Waals surface area contributed by atoms with Crippen molar-refractivity contribution in [3.8, 4) is 11.7 Å². The number of carbonyl (C=O) groups is 2. The van der Waals surface area contributed by atoms with E-state index in [-0.39, 0.29) is 22.9 Å². The van der Waals surface area contributed by atoms with Crippen molar-refractivity contribution in [2.45, 2.75) is 24.3 Å². The van der Waals surface area contributed by atoms with Crippen LogP contribution in [0.4, 0.5) is 11.4 Å². The molecular weight excluding hydrogens is 356 g/mol. The van der Waals surface area contributed by atoms with Crippen LogP contribution in [0.5, 0.6) is 0 Å². The van der Waals surface area contributed by atoms with Crippen LogP contribution in [0.3, 0.4) is 0 Å². The van der Waals surface area contributed by atoms with Crippen molar-refractivity contribution in [3.05, 3.63) is 42.7 Å². The summed E-state index contributed by atoms with van der Waals surface area (Å²) in [5, 5.41) is 13.1. The van der Waals surface area contributed by atoms with Crippen LogP contribution in [0, 0.1) is 0 Å². The third-order valence-corrected chi connectivity index (χ3v) is 4.19. The minimum Gasteiger partial charge on any atom is -0.459 e. The molecule has 0 bridgehead atoms. The molecule has 0 saturated carbocycles. The molecule has 3 aromatic rings. The molecule has 2 amide bonds. The van der Waals surface area contributed by atoms with Gasteiger partial charge in [0, 0.05) is 18.3 Å². The van der Waals surface area contributed by atoms with Gasteiger partial charge in [-0.2, -0.15) is 0 Å². The molecule has 0 aliphatic rings. The van der Waals surface area contributed by atoms with E-state index in [1.165, 1.54) is 13.2 Å². The fraction of sp³-hybridized carbons (Fsp3) is 0.176. The van der Waals surface area contributed by atoms with Crippen LogP contribution in [0.15, 0.2) is 56.7 Å². The molecule has 1 atom stereocenters. The van der Waals surface area contributed by atoms with E-state index >= 15 is 0 Å². The summed E-state index contributed by atoms with van der Waals surface area (Å²) in [4.78, 5) is 23.3. The van der Waals surface area contributed by atoms with E-state index in [9.17, 15) is 9.59 Å². The van der Waals surface area contributed by atoms with Gasteiger partial charge in [-0.15, -0.1) is 10.2 Å². The highest BCUT2D eigenvalue weighted by Gasteiger charge is 2.19. The molecular formula is C17H16N4O4S. The number of rotatable bonds is 6. The van der Waals surface area contributed by atoms with Crippen LogP contribution < -0.4 is 10.6 Å². The molecule has 0 aliphatic heterocycles. The lowest BCUT2D eigenvalue weighted by Gasteiger charge is -2.10. The molecule has 8 nitrogen and oxygen atoms in total. The van der Waals surface area contributed by atoms with Gasteiger partial charge in [0.1, 0.15) is 0 Å². The first-order chi connectivity index (χ1) is 12.5. The van der Waals surface area contributed by atoms with Crippen molar-refractivity contribution in [2.24, 2.45) is 0 Å². The van der Waals surface area contributed by atoms with Crippen molar-refractivity contribution in [3.63, 3.8) is 0 Å². The zero-order chi connectivity index (χ0) is 18.5. The molecule has 2 aromatic heterocycles. The Kier molecular flexibility index (Phi) is 5.37. The summed E-state index contributed by atoms with van der Waals surface area (Å²) < 4.78 is 10.7. The summed E-state index contributed by atoms with van der Waals surface area (Å²) >= 11 is 1.15. The molecule has 0 fully saturated rings. The summed E-state index contributed by atoms with van der Waals surface area (Å²) in [5.74, 6) is 0.375. The number of hydrogen-bond acceptors (Lipinski definition) is 7. The molecule has 0 radical (unpaired) electrons. The highest BCUT2D eigenvalue weighted by atomic mass is 32.2. The Morgan fingerprint density at radius 2 is 1.77 bits per heavy atom. The first kappa shape index (κ1) is 17.7. The monoisotopic (exact) mass is 372 g/mol. The van der Waals surface area contributed by atoms with E-state index in [1.807, 2.05) is 0 Å². The van der Waals surface area contributed by atoms with E-state index in [0.29, 0.717) is 17.1 Å². The lowest BCUT2D eigenvalue weighted by atomic mass is 10.2. The van der Waals surface area contributed by atoms with Crippen molar-refractivity contribution in [1.82, 2.24) is 10.2 Å². The summed E-state index contributed by atoms with van der Waals surface area (Å²) in [5.41, 5.74) is 1.28. The Labute approximate surface area is 153 Å². The van der Waals surface area contributed by atoms with E-state index in [4.69, 9.17) is 8.83 Å². The van der Waals surface area contributed by atoms with E-state index in [2.05, 4.69) is 20.8 Å². The lowest BCUT2D eigenvalue weighted by Crippen LogP contribution is -2.22. The van der Waals surface area contributed by atoms with Gasteiger partial charge in [-0.25, -0.2) is 0 Å². The first-order valence-electron chi connectivity index (χ1n) is 7.74. The summed E-state index contributed by atoms with van der Waals surface area (Å²) in [6.45, 7) is 3.17. The van der Waals surface area contributed by atoms with Gasteiger partial charge in [-0.05, 0) is 43.3 Å². The second-order valence-electron chi connectivity index (χ2n) is 5.36. The number of carbonyl (C=O) groups excluding carboxylic acids is 2. The number of nitrogens with zero attached hydrogens (tertiary/aromatic N) is 2. The fourth-order valence-corrected chi connectivity index (χ4v) is 2.73. The predicted octanol–water partition coefficient (Wildman–Crippen LogP) is 3.41. The van der Waals surface area contributed by atoms with Gasteiger partial charge >= 0.3 is 0 Å². The molecule has 2 N–H and O–H groups in total. The van der Waals surface area contributed by atoms with Crippen molar-refractivity contribution in [1.29, 1.82) is 0 Å². The number of thioether (sulfide) groups is 1. The van der Waals surface area contributed by atoms with Gasteiger partial charge in [-0.1, -0.05) is 11.8 Å². The molecule has 9 heteroatoms. The van der Waals surface area contributed by atoms with Gasteiger partial charge in [0.05, 0.1) is 11.5 Å². The van der Waals surface area contributed by atoms with Crippen molar-refractivity contribution in [2.75, 3.05) is 10.6 Å². The zero-order valence-electron chi connectivity index (χ0n) is 14.1. The summed E-state index contributed by atoms with van der Waals surface area (Å²) in [6, 6.07) is 10.3. The Balaban J connectivity index is 1.57. The van der Waals surface area contributed by atoms with E-state index < -0.39 is 5.25 Å². The minimum atomic E-state index is -0.449. The van der Waals surface area contributed by atoms with Crippen LogP contribution in [0.1, 0.15) is 13.8 Å². The van der Waals surface area contributed by atoms with E-state index in [1.54, 1.807) is 43.3 Å². The highest BCUT2D eigenvalue weighted by Crippen LogP contribution is 2.27. The van der Waals surface area contributed by atoms with Gasteiger partial charge < -0.3 is 19.5 Å². The van der Waals surface area contributed by atoms with Gasteiger partial charge in [0.2, 0.25) is 11.8 Å². The van der Waals surface area contributed by atoms with Crippen LogP contribution >= 0.6 is 11.8 Å². The SMILES string of the molecule is CC(=O)Nc1ccc(NC(=O)[C@@H](C)Sc2nnc(-c3ccco3)o2)cc1. The number of anilines is 2. The smallest absolute Gasteiger partial charge is 0.284 e. The number of hydrogen-bond donors (Lipinski definition) is 2. The third kappa shape index (κ3) is 4.51. The number of furan rings is 1. The second kappa shape index (κ2) is 7.87. The largest absolute Gasteiger partial charge is 0.459 e. The molecule has 0 spiro atoms. The second-order valence-corrected chi connectivity index (χ2v) is 6.65. The number of benzene rings is 1.